The molecule has 2 aromatic heterocycles. The van der Waals surface area contributed by atoms with Crippen LogP contribution in [0.25, 0.3) is 11.0 Å². The number of amides is 1. The highest BCUT2D eigenvalue weighted by Crippen LogP contribution is 2.42. The summed E-state index contributed by atoms with van der Waals surface area (Å²) in [6.07, 6.45) is 0. The van der Waals surface area contributed by atoms with E-state index in [1.54, 1.807) is 19.2 Å². The molecule has 3 heterocycles. The molecule has 1 aliphatic heterocycles. The van der Waals surface area contributed by atoms with Gasteiger partial charge in [0, 0.05) is 20.3 Å². The fraction of sp³-hybridized carbons (Fsp3) is 0.120. The molecule has 2 aromatic carbocycles. The standard InChI is InChI=1S/C25H18BrNO5S/c1-31-17-6-3-2-5-14(17)13-27-22(20-7-4-10-33-20)21(24(29)25(27)30)23(28)19-12-15-11-16(26)8-9-18(15)32-19/h2-12,22,29H,13H2,1H3. The number of furan rings is 1. The minimum Gasteiger partial charge on any atom is -0.503 e. The van der Waals surface area contributed by atoms with Crippen molar-refractivity contribution in [2.45, 2.75) is 12.6 Å². The van der Waals surface area contributed by atoms with Crippen LogP contribution in [0.2, 0.25) is 0 Å². The molecular formula is C25H18BrNO5S. The van der Waals surface area contributed by atoms with Crippen molar-refractivity contribution >= 4 is 49.9 Å². The molecule has 166 valence electrons. The maximum atomic E-state index is 13.6. The highest BCUT2D eigenvalue weighted by atomic mass is 79.9. The molecule has 1 amide bonds. The molecular weight excluding hydrogens is 506 g/mol. The molecule has 1 atom stereocenters. The maximum Gasteiger partial charge on any atom is 0.290 e. The lowest BCUT2D eigenvalue weighted by Gasteiger charge is -2.26. The number of aliphatic hydroxyl groups excluding tert-OH is 1. The molecule has 0 spiro atoms. The third-order valence-corrected chi connectivity index (χ3v) is 7.01. The number of carbonyl (C=O) groups is 2. The number of rotatable bonds is 6. The van der Waals surface area contributed by atoms with Crippen molar-refractivity contribution in [2.24, 2.45) is 0 Å². The van der Waals surface area contributed by atoms with E-state index >= 15 is 0 Å². The zero-order chi connectivity index (χ0) is 23.1. The Bertz CT molecular complexity index is 1410. The van der Waals surface area contributed by atoms with Crippen molar-refractivity contribution in [1.82, 2.24) is 4.90 Å². The third kappa shape index (κ3) is 3.75. The van der Waals surface area contributed by atoms with Crippen LogP contribution in [-0.2, 0) is 11.3 Å². The number of methoxy groups -OCH3 is 1. The first-order valence-corrected chi connectivity index (χ1v) is 11.8. The van der Waals surface area contributed by atoms with Crippen molar-refractivity contribution in [3.63, 3.8) is 0 Å². The lowest BCUT2D eigenvalue weighted by Crippen LogP contribution is -2.30. The number of hydrogen-bond acceptors (Lipinski definition) is 6. The molecule has 0 aliphatic carbocycles. The van der Waals surface area contributed by atoms with Crippen molar-refractivity contribution < 1.29 is 23.8 Å². The van der Waals surface area contributed by atoms with E-state index in [0.29, 0.717) is 11.3 Å². The van der Waals surface area contributed by atoms with Crippen LogP contribution < -0.4 is 4.74 Å². The van der Waals surface area contributed by atoms with Crippen LogP contribution in [-0.4, -0.2) is 28.8 Å². The SMILES string of the molecule is COc1ccccc1CN1C(=O)C(O)=C(C(=O)c2cc3cc(Br)ccc3o2)C1c1cccs1. The third-order valence-electron chi connectivity index (χ3n) is 5.60. The van der Waals surface area contributed by atoms with E-state index in [9.17, 15) is 14.7 Å². The summed E-state index contributed by atoms with van der Waals surface area (Å²) < 4.78 is 12.1. The van der Waals surface area contributed by atoms with Gasteiger partial charge in [-0.05, 0) is 41.8 Å². The average Bonchev–Trinajstić information content (AvgIpc) is 3.54. The molecule has 6 nitrogen and oxygen atoms in total. The number of halogens is 1. The molecule has 0 radical (unpaired) electrons. The van der Waals surface area contributed by atoms with Crippen molar-refractivity contribution in [1.29, 1.82) is 0 Å². The number of ketones is 1. The first kappa shape index (κ1) is 21.5. The zero-order valence-corrected chi connectivity index (χ0v) is 19.9. The molecule has 5 rings (SSSR count). The van der Waals surface area contributed by atoms with Gasteiger partial charge in [-0.25, -0.2) is 0 Å². The largest absolute Gasteiger partial charge is 0.503 e. The Morgan fingerprint density at radius 2 is 2.00 bits per heavy atom. The van der Waals surface area contributed by atoms with Crippen LogP contribution in [0, 0.1) is 0 Å². The number of para-hydroxylation sites is 1. The van der Waals surface area contributed by atoms with Gasteiger partial charge >= 0.3 is 0 Å². The smallest absolute Gasteiger partial charge is 0.290 e. The first-order chi connectivity index (χ1) is 16.0. The Balaban J connectivity index is 1.58. The van der Waals surface area contributed by atoms with Gasteiger partial charge in [-0.2, -0.15) is 0 Å². The van der Waals surface area contributed by atoms with Crippen LogP contribution >= 0.6 is 27.3 Å². The molecule has 33 heavy (non-hydrogen) atoms. The Hall–Kier alpha value is -3.36. The van der Waals surface area contributed by atoms with Crippen LogP contribution in [0.1, 0.15) is 27.0 Å². The van der Waals surface area contributed by atoms with E-state index < -0.39 is 23.5 Å². The second kappa shape index (κ2) is 8.53. The van der Waals surface area contributed by atoms with E-state index in [-0.39, 0.29) is 17.9 Å². The van der Waals surface area contributed by atoms with E-state index in [4.69, 9.17) is 9.15 Å². The number of Topliss-reactive ketones (excluding diaryl/α,β-unsaturated/α-hetero) is 1. The molecule has 1 N–H and O–H groups in total. The van der Waals surface area contributed by atoms with Gasteiger partial charge in [0.05, 0.1) is 19.2 Å². The van der Waals surface area contributed by atoms with Crippen LogP contribution in [0.5, 0.6) is 5.75 Å². The lowest BCUT2D eigenvalue weighted by atomic mass is 10.00. The molecule has 0 saturated carbocycles. The summed E-state index contributed by atoms with van der Waals surface area (Å²) in [6.45, 7) is 0.166. The Kier molecular flexibility index (Phi) is 5.55. The van der Waals surface area contributed by atoms with Gasteiger partial charge in [0.2, 0.25) is 5.78 Å². The topological polar surface area (TPSA) is 80.0 Å². The Morgan fingerprint density at radius 3 is 2.76 bits per heavy atom. The molecule has 8 heteroatoms. The van der Waals surface area contributed by atoms with Crippen molar-refractivity contribution in [2.75, 3.05) is 7.11 Å². The summed E-state index contributed by atoms with van der Waals surface area (Å²) in [7, 11) is 1.56. The maximum absolute atomic E-state index is 13.6. The van der Waals surface area contributed by atoms with Gasteiger partial charge in [0.1, 0.15) is 17.4 Å². The molecule has 0 bridgehead atoms. The average molecular weight is 524 g/mol. The minimum atomic E-state index is -0.741. The number of fused-ring (bicyclic) bond motifs is 1. The molecule has 0 saturated heterocycles. The number of carbonyl (C=O) groups excluding carboxylic acids is 2. The minimum absolute atomic E-state index is 0.00969. The van der Waals surface area contributed by atoms with Crippen LogP contribution in [0.4, 0.5) is 0 Å². The Labute approximate surface area is 201 Å². The first-order valence-electron chi connectivity index (χ1n) is 10.1. The van der Waals surface area contributed by atoms with Crippen LogP contribution in [0.15, 0.2) is 86.3 Å². The zero-order valence-electron chi connectivity index (χ0n) is 17.4. The summed E-state index contributed by atoms with van der Waals surface area (Å²) >= 11 is 4.83. The van der Waals surface area contributed by atoms with Gasteiger partial charge in [-0.3, -0.25) is 9.59 Å². The molecule has 0 fully saturated rings. The highest BCUT2D eigenvalue weighted by molar-refractivity contribution is 9.10. The Morgan fingerprint density at radius 1 is 1.18 bits per heavy atom. The number of ether oxygens (including phenoxy) is 1. The lowest BCUT2D eigenvalue weighted by molar-refractivity contribution is -0.130. The summed E-state index contributed by atoms with van der Waals surface area (Å²) in [4.78, 5) is 29.0. The van der Waals surface area contributed by atoms with Gasteiger partial charge in [-0.15, -0.1) is 11.3 Å². The van der Waals surface area contributed by atoms with Crippen LogP contribution in [0.3, 0.4) is 0 Å². The summed E-state index contributed by atoms with van der Waals surface area (Å²) in [5.74, 6) is -0.999. The van der Waals surface area contributed by atoms with Gasteiger partial charge in [0.25, 0.3) is 5.91 Å². The fourth-order valence-electron chi connectivity index (χ4n) is 4.07. The van der Waals surface area contributed by atoms with Gasteiger partial charge < -0.3 is 19.2 Å². The van der Waals surface area contributed by atoms with Gasteiger partial charge in [-0.1, -0.05) is 40.2 Å². The van der Waals surface area contributed by atoms with E-state index in [1.165, 1.54) is 16.2 Å². The fourth-order valence-corrected chi connectivity index (χ4v) is 5.29. The number of hydrogen-bond donors (Lipinski definition) is 1. The normalized spacial score (nSPS) is 16.1. The summed E-state index contributed by atoms with van der Waals surface area (Å²) in [5, 5.41) is 13.5. The quantitative estimate of drug-likeness (QED) is 0.311. The summed E-state index contributed by atoms with van der Waals surface area (Å²) in [5.41, 5.74) is 1.32. The number of thiophene rings is 1. The van der Waals surface area contributed by atoms with Crippen molar-refractivity contribution in [3.05, 3.63) is 98.0 Å². The van der Waals surface area contributed by atoms with Gasteiger partial charge in [0.15, 0.2) is 11.5 Å². The second-order valence-corrected chi connectivity index (χ2v) is 9.44. The molecule has 1 unspecified atom stereocenters. The monoisotopic (exact) mass is 523 g/mol. The number of benzene rings is 2. The molecule has 4 aromatic rings. The number of aliphatic hydroxyl groups is 1. The van der Waals surface area contributed by atoms with Crippen molar-refractivity contribution in [3.8, 4) is 5.75 Å². The highest BCUT2D eigenvalue weighted by Gasteiger charge is 2.45. The van der Waals surface area contributed by atoms with E-state index in [0.717, 1.165) is 20.3 Å². The van der Waals surface area contributed by atoms with E-state index in [1.807, 2.05) is 53.9 Å². The predicted octanol–water partition coefficient (Wildman–Crippen LogP) is 6.04. The second-order valence-electron chi connectivity index (χ2n) is 7.55. The number of nitrogens with zero attached hydrogens (tertiary/aromatic N) is 1. The van der Waals surface area contributed by atoms with E-state index in [2.05, 4.69) is 15.9 Å². The molecule has 1 aliphatic rings. The predicted molar refractivity (Wildman–Crippen MR) is 129 cm³/mol. The summed E-state index contributed by atoms with van der Waals surface area (Å²) in [6, 6.07) is 17.4.